The number of alkyl halides is 3. The predicted molar refractivity (Wildman–Crippen MR) is 126 cm³/mol. The lowest BCUT2D eigenvalue weighted by Crippen LogP contribution is -2.29. The zero-order valence-electron chi connectivity index (χ0n) is 20.0. The molecule has 1 aliphatic rings. The van der Waals surface area contributed by atoms with E-state index < -0.39 is 23.5 Å². The quantitative estimate of drug-likeness (QED) is 0.374. The Balaban J connectivity index is 1.68. The van der Waals surface area contributed by atoms with Crippen LogP contribution < -0.4 is 10.2 Å². The number of hydrogen-bond acceptors (Lipinski definition) is 7. The summed E-state index contributed by atoms with van der Waals surface area (Å²) in [6, 6.07) is 6.31. The van der Waals surface area contributed by atoms with Gasteiger partial charge in [0.05, 0.1) is 23.9 Å². The van der Waals surface area contributed by atoms with Crippen molar-refractivity contribution in [1.82, 2.24) is 15.0 Å². The van der Waals surface area contributed by atoms with Crippen LogP contribution in [0.4, 0.5) is 34.9 Å². The lowest BCUT2D eigenvalue weighted by atomic mass is 10.1. The number of fused-ring (bicyclic) bond motifs is 1. The summed E-state index contributed by atoms with van der Waals surface area (Å²) in [7, 11) is 1.17. The number of rotatable bonds is 5. The number of pyridine rings is 1. The first-order chi connectivity index (χ1) is 17.1. The molecule has 190 valence electrons. The van der Waals surface area contributed by atoms with Crippen LogP contribution in [0.2, 0.25) is 0 Å². The molecule has 1 aliphatic heterocycles. The third-order valence-corrected chi connectivity index (χ3v) is 5.91. The Morgan fingerprint density at radius 2 is 1.89 bits per heavy atom. The van der Waals surface area contributed by atoms with E-state index in [2.05, 4.69) is 25.0 Å². The van der Waals surface area contributed by atoms with E-state index in [1.54, 1.807) is 4.90 Å². The molecule has 0 bridgehead atoms. The number of methoxy groups -OCH3 is 1. The second-order valence-corrected chi connectivity index (χ2v) is 8.68. The van der Waals surface area contributed by atoms with Crippen molar-refractivity contribution in [2.75, 3.05) is 30.4 Å². The fraction of sp³-hybridized carbons (Fsp3) is 0.360. The summed E-state index contributed by atoms with van der Waals surface area (Å²) in [6.45, 7) is 4.43. The average molecular weight is 504 g/mol. The second kappa shape index (κ2) is 10.1. The van der Waals surface area contributed by atoms with Gasteiger partial charge in [0.1, 0.15) is 23.3 Å². The van der Waals surface area contributed by atoms with Crippen molar-refractivity contribution in [1.29, 1.82) is 0 Å². The van der Waals surface area contributed by atoms with Gasteiger partial charge in [-0.1, -0.05) is 13.8 Å². The number of nitrogens with one attached hydrogen (secondary N) is 1. The SMILES string of the molecule is COC(=O)c1ccc(Nc2nc(C(C)C)nc3c2CCN(c2ncccc2C(F)(F)F)CC3)cc1F. The van der Waals surface area contributed by atoms with Gasteiger partial charge in [0, 0.05) is 42.9 Å². The van der Waals surface area contributed by atoms with Crippen LogP contribution in [0.5, 0.6) is 0 Å². The highest BCUT2D eigenvalue weighted by atomic mass is 19.4. The summed E-state index contributed by atoms with van der Waals surface area (Å²) in [5.74, 6) is -0.661. The van der Waals surface area contributed by atoms with Gasteiger partial charge in [-0.3, -0.25) is 0 Å². The maximum Gasteiger partial charge on any atom is 0.419 e. The molecule has 0 radical (unpaired) electrons. The van der Waals surface area contributed by atoms with E-state index in [1.165, 1.54) is 37.6 Å². The van der Waals surface area contributed by atoms with Crippen LogP contribution in [0, 0.1) is 5.82 Å². The smallest absolute Gasteiger partial charge is 0.419 e. The molecule has 0 spiro atoms. The van der Waals surface area contributed by atoms with Gasteiger partial charge in [-0.2, -0.15) is 13.2 Å². The normalized spacial score (nSPS) is 13.8. The highest BCUT2D eigenvalue weighted by Gasteiger charge is 2.36. The van der Waals surface area contributed by atoms with Crippen LogP contribution in [0.3, 0.4) is 0 Å². The third kappa shape index (κ3) is 5.24. The molecule has 0 atom stereocenters. The van der Waals surface area contributed by atoms with Gasteiger partial charge in [0.15, 0.2) is 0 Å². The number of benzene rings is 1. The Morgan fingerprint density at radius 1 is 1.14 bits per heavy atom. The Kier molecular flexibility index (Phi) is 7.09. The number of esters is 1. The van der Waals surface area contributed by atoms with E-state index in [1.807, 2.05) is 13.8 Å². The topological polar surface area (TPSA) is 80.2 Å². The van der Waals surface area contributed by atoms with Gasteiger partial charge in [-0.15, -0.1) is 0 Å². The number of anilines is 3. The number of carbonyl (C=O) groups is 1. The van der Waals surface area contributed by atoms with E-state index >= 15 is 0 Å². The van der Waals surface area contributed by atoms with Crippen molar-refractivity contribution in [3.8, 4) is 0 Å². The first kappa shape index (κ1) is 25.3. The molecule has 0 amide bonds. The van der Waals surface area contributed by atoms with E-state index in [-0.39, 0.29) is 23.8 Å². The lowest BCUT2D eigenvalue weighted by Gasteiger charge is -2.24. The minimum absolute atomic E-state index is 0.0127. The zero-order chi connectivity index (χ0) is 26.0. The number of ether oxygens (including phenoxy) is 1. The second-order valence-electron chi connectivity index (χ2n) is 8.68. The van der Waals surface area contributed by atoms with Gasteiger partial charge >= 0.3 is 12.1 Å². The first-order valence-electron chi connectivity index (χ1n) is 11.4. The fourth-order valence-electron chi connectivity index (χ4n) is 4.07. The van der Waals surface area contributed by atoms with Crippen LogP contribution in [-0.2, 0) is 23.8 Å². The molecule has 1 N–H and O–H groups in total. The predicted octanol–water partition coefficient (Wildman–Crippen LogP) is 5.29. The number of halogens is 4. The van der Waals surface area contributed by atoms with Crippen molar-refractivity contribution >= 4 is 23.3 Å². The third-order valence-electron chi connectivity index (χ3n) is 5.91. The molecule has 0 fully saturated rings. The summed E-state index contributed by atoms with van der Waals surface area (Å²) < 4.78 is 59.9. The van der Waals surface area contributed by atoms with Crippen LogP contribution in [0.1, 0.15) is 52.8 Å². The van der Waals surface area contributed by atoms with Crippen molar-refractivity contribution in [3.63, 3.8) is 0 Å². The van der Waals surface area contributed by atoms with Gasteiger partial charge in [-0.25, -0.2) is 24.1 Å². The van der Waals surface area contributed by atoms with Crippen LogP contribution >= 0.6 is 0 Å². The standard InChI is InChI=1S/C25H25F4N5O2/c1-14(2)21-32-20-9-12-34(23-18(25(27,28)29)5-4-10-30-23)11-8-17(20)22(33-21)31-15-6-7-16(19(26)13-15)24(35)36-3/h4-7,10,13-14H,8-9,11-12H2,1-3H3,(H,31,32,33). The van der Waals surface area contributed by atoms with Gasteiger partial charge in [0.2, 0.25) is 0 Å². The Labute approximate surface area is 205 Å². The first-order valence-corrected chi connectivity index (χ1v) is 11.4. The molecule has 7 nitrogen and oxygen atoms in total. The number of carbonyl (C=O) groups excluding carboxylic acids is 1. The molecule has 0 aliphatic carbocycles. The molecular weight excluding hydrogens is 478 g/mol. The highest BCUT2D eigenvalue weighted by molar-refractivity contribution is 5.90. The molecule has 0 saturated carbocycles. The van der Waals surface area contributed by atoms with Crippen molar-refractivity contribution in [2.24, 2.45) is 0 Å². The maximum absolute atomic E-state index is 14.5. The molecule has 1 aromatic carbocycles. The van der Waals surface area contributed by atoms with E-state index in [0.717, 1.165) is 17.3 Å². The summed E-state index contributed by atoms with van der Waals surface area (Å²) in [5.41, 5.74) is 0.836. The molecule has 0 unspecified atom stereocenters. The molecule has 3 aromatic rings. The maximum atomic E-state index is 14.5. The van der Waals surface area contributed by atoms with E-state index in [0.29, 0.717) is 36.7 Å². The molecule has 36 heavy (non-hydrogen) atoms. The zero-order valence-corrected chi connectivity index (χ0v) is 20.0. The highest BCUT2D eigenvalue weighted by Crippen LogP contribution is 2.36. The van der Waals surface area contributed by atoms with Crippen molar-refractivity contribution < 1.29 is 27.1 Å². The summed E-state index contributed by atoms with van der Waals surface area (Å²) >= 11 is 0. The summed E-state index contributed by atoms with van der Waals surface area (Å²) in [6.07, 6.45) is -2.44. The lowest BCUT2D eigenvalue weighted by molar-refractivity contribution is -0.137. The fourth-order valence-corrected chi connectivity index (χ4v) is 4.07. The molecule has 4 rings (SSSR count). The van der Waals surface area contributed by atoms with Gasteiger partial charge in [-0.05, 0) is 36.8 Å². The Morgan fingerprint density at radius 3 is 2.56 bits per heavy atom. The van der Waals surface area contributed by atoms with E-state index in [4.69, 9.17) is 0 Å². The van der Waals surface area contributed by atoms with Gasteiger partial charge in [0.25, 0.3) is 0 Å². The van der Waals surface area contributed by atoms with Crippen LogP contribution in [-0.4, -0.2) is 41.1 Å². The summed E-state index contributed by atoms with van der Waals surface area (Å²) in [5, 5.41) is 3.11. The molecule has 0 saturated heterocycles. The van der Waals surface area contributed by atoms with E-state index in [9.17, 15) is 22.4 Å². The van der Waals surface area contributed by atoms with Crippen LogP contribution in [0.25, 0.3) is 0 Å². The summed E-state index contributed by atoms with van der Waals surface area (Å²) in [4.78, 5) is 26.6. The van der Waals surface area contributed by atoms with Crippen molar-refractivity contribution in [3.05, 3.63) is 70.6 Å². The van der Waals surface area contributed by atoms with Gasteiger partial charge < -0.3 is 15.0 Å². The van der Waals surface area contributed by atoms with Crippen LogP contribution in [0.15, 0.2) is 36.5 Å². The average Bonchev–Trinajstić information content (AvgIpc) is 3.06. The minimum Gasteiger partial charge on any atom is -0.465 e. The molecule has 2 aromatic heterocycles. The Hall–Kier alpha value is -3.76. The molecular formula is C25H25F4N5O2. The van der Waals surface area contributed by atoms with Crippen molar-refractivity contribution in [2.45, 2.75) is 38.8 Å². The number of nitrogens with zero attached hydrogens (tertiary/aromatic N) is 4. The number of aromatic nitrogens is 3. The molecule has 11 heteroatoms. The monoisotopic (exact) mass is 503 g/mol. The largest absolute Gasteiger partial charge is 0.465 e. The Bertz CT molecular complexity index is 1280. The minimum atomic E-state index is -4.53. The number of hydrogen-bond donors (Lipinski definition) is 1. The molecule has 3 heterocycles.